The zero-order valence-electron chi connectivity index (χ0n) is 12.2. The van der Waals surface area contributed by atoms with Gasteiger partial charge in [0, 0.05) is 5.75 Å². The van der Waals surface area contributed by atoms with E-state index in [0.29, 0.717) is 3.95 Å². The van der Waals surface area contributed by atoms with Gasteiger partial charge in [-0.1, -0.05) is 35.2 Å². The molecule has 7 heteroatoms. The lowest BCUT2D eigenvalue weighted by atomic mass is 10.2. The average molecular weight is 364 g/mol. The predicted octanol–water partition coefficient (Wildman–Crippen LogP) is 5.10. The van der Waals surface area contributed by atoms with Crippen LogP contribution in [0.15, 0.2) is 52.9 Å². The van der Waals surface area contributed by atoms with Gasteiger partial charge in [-0.05, 0) is 54.2 Å². The van der Waals surface area contributed by atoms with Gasteiger partial charge in [-0.3, -0.25) is 0 Å². The van der Waals surface area contributed by atoms with Crippen LogP contribution in [0.3, 0.4) is 0 Å². The molecule has 3 rings (SSSR count). The summed E-state index contributed by atoms with van der Waals surface area (Å²) in [6, 6.07) is 14.1. The molecule has 0 amide bonds. The summed E-state index contributed by atoms with van der Waals surface area (Å²) in [6.07, 6.45) is 0. The summed E-state index contributed by atoms with van der Waals surface area (Å²) in [4.78, 5) is 0. The Morgan fingerprint density at radius 3 is 2.78 bits per heavy atom. The topological polar surface area (TPSA) is 27.1 Å². The normalized spacial score (nSPS) is 10.7. The van der Waals surface area contributed by atoms with Crippen molar-refractivity contribution >= 4 is 35.3 Å². The molecule has 0 bridgehead atoms. The Bertz CT molecular complexity index is 858. The van der Waals surface area contributed by atoms with Crippen molar-refractivity contribution in [2.24, 2.45) is 0 Å². The molecule has 118 valence electrons. The molecule has 0 saturated carbocycles. The number of ether oxygens (including phenoxy) is 1. The molecule has 1 aromatic heterocycles. The number of methoxy groups -OCH3 is 1. The Labute approximate surface area is 146 Å². The first-order valence-corrected chi connectivity index (χ1v) is 8.98. The van der Waals surface area contributed by atoms with E-state index in [1.165, 1.54) is 23.5 Å². The lowest BCUT2D eigenvalue weighted by Gasteiger charge is -2.03. The smallest absolute Gasteiger partial charge is 0.184 e. The molecule has 0 radical (unpaired) electrons. The summed E-state index contributed by atoms with van der Waals surface area (Å²) in [5.41, 5.74) is 1.92. The van der Waals surface area contributed by atoms with Gasteiger partial charge in [-0.25, -0.2) is 9.07 Å². The number of hydrogen-bond acceptors (Lipinski definition) is 5. The zero-order valence-corrected chi connectivity index (χ0v) is 14.7. The van der Waals surface area contributed by atoms with Crippen molar-refractivity contribution in [1.82, 2.24) is 9.78 Å². The minimum absolute atomic E-state index is 0.275. The molecule has 0 atom stereocenters. The Kier molecular flexibility index (Phi) is 5.09. The van der Waals surface area contributed by atoms with E-state index in [4.69, 9.17) is 17.0 Å². The van der Waals surface area contributed by atoms with Crippen LogP contribution in [0, 0.1) is 9.77 Å². The van der Waals surface area contributed by atoms with Crippen molar-refractivity contribution in [2.45, 2.75) is 10.1 Å². The third-order valence-electron chi connectivity index (χ3n) is 3.10. The molecule has 3 aromatic rings. The Morgan fingerprint density at radius 1 is 1.26 bits per heavy atom. The maximum absolute atomic E-state index is 13.0. The van der Waals surface area contributed by atoms with E-state index in [1.807, 2.05) is 24.3 Å². The van der Waals surface area contributed by atoms with E-state index in [-0.39, 0.29) is 5.82 Å². The van der Waals surface area contributed by atoms with Gasteiger partial charge in [0.1, 0.15) is 11.6 Å². The van der Waals surface area contributed by atoms with Crippen LogP contribution < -0.4 is 4.74 Å². The van der Waals surface area contributed by atoms with Gasteiger partial charge >= 0.3 is 0 Å². The SMILES string of the molecule is COc1cccc(CSc2nn(-c3ccc(F)cc3)c(=S)s2)c1. The number of halogens is 1. The minimum atomic E-state index is -0.275. The lowest BCUT2D eigenvalue weighted by Crippen LogP contribution is -1.96. The molecule has 2 aromatic carbocycles. The van der Waals surface area contributed by atoms with Gasteiger partial charge in [0.2, 0.25) is 0 Å². The average Bonchev–Trinajstić information content (AvgIpc) is 2.95. The fraction of sp³-hybridized carbons (Fsp3) is 0.125. The number of benzene rings is 2. The summed E-state index contributed by atoms with van der Waals surface area (Å²) < 4.78 is 21.4. The van der Waals surface area contributed by atoms with Gasteiger partial charge in [0.05, 0.1) is 12.8 Å². The molecule has 23 heavy (non-hydrogen) atoms. The molecule has 0 unspecified atom stereocenters. The quantitative estimate of drug-likeness (QED) is 0.465. The number of rotatable bonds is 5. The largest absolute Gasteiger partial charge is 0.497 e. The molecular weight excluding hydrogens is 351 g/mol. The van der Waals surface area contributed by atoms with Crippen LogP contribution in [0.2, 0.25) is 0 Å². The molecule has 1 heterocycles. The molecular formula is C16H13FN2OS3. The maximum Gasteiger partial charge on any atom is 0.184 e. The van der Waals surface area contributed by atoms with Crippen molar-refractivity contribution in [3.8, 4) is 11.4 Å². The standard InChI is InChI=1S/C16H13FN2OS3/c1-20-14-4-2-3-11(9-14)10-22-15-18-19(16(21)23-15)13-7-5-12(17)6-8-13/h2-9H,10H2,1H3. The molecule has 0 spiro atoms. The van der Waals surface area contributed by atoms with E-state index in [0.717, 1.165) is 27.1 Å². The lowest BCUT2D eigenvalue weighted by molar-refractivity contribution is 0.414. The van der Waals surface area contributed by atoms with Crippen molar-refractivity contribution in [2.75, 3.05) is 7.11 Å². The van der Waals surface area contributed by atoms with Gasteiger partial charge in [0.25, 0.3) is 0 Å². The fourth-order valence-corrected chi connectivity index (χ4v) is 4.28. The maximum atomic E-state index is 13.0. The molecule has 0 aliphatic heterocycles. The highest BCUT2D eigenvalue weighted by Crippen LogP contribution is 2.28. The summed E-state index contributed by atoms with van der Waals surface area (Å²) in [6.45, 7) is 0. The second-order valence-electron chi connectivity index (χ2n) is 4.66. The highest BCUT2D eigenvalue weighted by molar-refractivity contribution is 8.00. The van der Waals surface area contributed by atoms with E-state index < -0.39 is 0 Å². The van der Waals surface area contributed by atoms with Crippen LogP contribution >= 0.6 is 35.3 Å². The van der Waals surface area contributed by atoms with Crippen LogP contribution in [-0.2, 0) is 5.75 Å². The van der Waals surface area contributed by atoms with E-state index in [2.05, 4.69) is 5.10 Å². The van der Waals surface area contributed by atoms with E-state index >= 15 is 0 Å². The summed E-state index contributed by atoms with van der Waals surface area (Å²) in [5.74, 6) is 1.35. The summed E-state index contributed by atoms with van der Waals surface area (Å²) in [7, 11) is 1.65. The predicted molar refractivity (Wildman–Crippen MR) is 94.8 cm³/mol. The first kappa shape index (κ1) is 16.2. The first-order chi connectivity index (χ1) is 11.2. The van der Waals surface area contributed by atoms with Crippen molar-refractivity contribution in [3.63, 3.8) is 0 Å². The van der Waals surface area contributed by atoms with Crippen LogP contribution in [0.25, 0.3) is 5.69 Å². The van der Waals surface area contributed by atoms with Gasteiger partial charge in [-0.15, -0.1) is 5.10 Å². The van der Waals surface area contributed by atoms with Crippen molar-refractivity contribution in [1.29, 1.82) is 0 Å². The number of hydrogen-bond donors (Lipinski definition) is 0. The monoisotopic (exact) mass is 364 g/mol. The van der Waals surface area contributed by atoms with Gasteiger partial charge < -0.3 is 4.74 Å². The van der Waals surface area contributed by atoms with Crippen molar-refractivity contribution in [3.05, 3.63) is 63.9 Å². The van der Waals surface area contributed by atoms with Crippen LogP contribution in [-0.4, -0.2) is 16.9 Å². The Hall–Kier alpha value is -1.70. The van der Waals surface area contributed by atoms with E-state index in [9.17, 15) is 4.39 Å². The molecule has 0 aliphatic rings. The number of thioether (sulfide) groups is 1. The second kappa shape index (κ2) is 7.25. The van der Waals surface area contributed by atoms with Gasteiger partial charge in [0.15, 0.2) is 8.29 Å². The molecule has 0 aliphatic carbocycles. The zero-order chi connectivity index (χ0) is 16.2. The van der Waals surface area contributed by atoms with E-state index in [1.54, 1.807) is 35.7 Å². The third-order valence-corrected chi connectivity index (χ3v) is 5.53. The summed E-state index contributed by atoms with van der Waals surface area (Å²) >= 11 is 8.41. The molecule has 3 nitrogen and oxygen atoms in total. The molecule has 0 saturated heterocycles. The van der Waals surface area contributed by atoms with Crippen molar-refractivity contribution < 1.29 is 9.13 Å². The summed E-state index contributed by atoms with van der Waals surface area (Å²) in [5, 5.41) is 4.51. The highest BCUT2D eigenvalue weighted by Gasteiger charge is 2.07. The third kappa shape index (κ3) is 3.99. The van der Waals surface area contributed by atoms with Crippen LogP contribution in [0.4, 0.5) is 4.39 Å². The molecule has 0 fully saturated rings. The minimum Gasteiger partial charge on any atom is -0.497 e. The Balaban J connectivity index is 1.75. The van der Waals surface area contributed by atoms with Crippen LogP contribution in [0.1, 0.15) is 5.56 Å². The highest BCUT2D eigenvalue weighted by atomic mass is 32.2. The molecule has 0 N–H and O–H groups in total. The second-order valence-corrected chi connectivity index (χ2v) is 7.51. The van der Waals surface area contributed by atoms with Crippen LogP contribution in [0.5, 0.6) is 5.75 Å². The first-order valence-electron chi connectivity index (χ1n) is 6.77. The Morgan fingerprint density at radius 2 is 2.04 bits per heavy atom. The fourth-order valence-electron chi connectivity index (χ4n) is 1.97. The van der Waals surface area contributed by atoms with Gasteiger partial charge in [-0.2, -0.15) is 0 Å². The number of nitrogens with zero attached hydrogens (tertiary/aromatic N) is 2. The number of aromatic nitrogens is 2.